The van der Waals surface area contributed by atoms with Gasteiger partial charge < -0.3 is 5.11 Å². The van der Waals surface area contributed by atoms with Crippen LogP contribution in [0, 0.1) is 0 Å². The van der Waals surface area contributed by atoms with Crippen LogP contribution in [0.15, 0.2) is 0 Å². The van der Waals surface area contributed by atoms with E-state index in [0.717, 1.165) is 35.1 Å². The fourth-order valence-electron chi connectivity index (χ4n) is 1.80. The summed E-state index contributed by atoms with van der Waals surface area (Å²) in [5.41, 5.74) is 1.89. The molecule has 1 heterocycles. The van der Waals surface area contributed by atoms with Crippen molar-refractivity contribution in [3.8, 4) is 0 Å². The minimum absolute atomic E-state index is 0.360. The molecule has 3 nitrogen and oxygen atoms in total. The van der Waals surface area contributed by atoms with E-state index in [-0.39, 0.29) is 6.10 Å². The summed E-state index contributed by atoms with van der Waals surface area (Å²) in [4.78, 5) is 0. The van der Waals surface area contributed by atoms with E-state index in [1.54, 1.807) is 11.8 Å². The predicted molar refractivity (Wildman–Crippen MR) is 79.6 cm³/mol. The highest BCUT2D eigenvalue weighted by atomic mass is 35.5. The molecule has 1 atom stereocenters. The Morgan fingerprint density at radius 3 is 2.56 bits per heavy atom. The zero-order valence-corrected chi connectivity index (χ0v) is 13.2. The number of rotatable bonds is 7. The van der Waals surface area contributed by atoms with Gasteiger partial charge >= 0.3 is 0 Å². The first-order valence-corrected chi connectivity index (χ1v) is 7.95. The molecule has 0 spiro atoms. The van der Waals surface area contributed by atoms with E-state index in [1.165, 1.54) is 0 Å². The van der Waals surface area contributed by atoms with Gasteiger partial charge in [0, 0.05) is 18.7 Å². The minimum atomic E-state index is -0.360. The summed E-state index contributed by atoms with van der Waals surface area (Å²) >= 11 is 8.08. The van der Waals surface area contributed by atoms with Crippen molar-refractivity contribution >= 4 is 23.4 Å². The molecule has 0 bridgehead atoms. The van der Waals surface area contributed by atoms with E-state index >= 15 is 0 Å². The molecule has 1 unspecified atom stereocenters. The number of aliphatic hydroxyl groups is 1. The molecule has 5 heteroatoms. The molecule has 1 aromatic rings. The third-order valence-corrected chi connectivity index (χ3v) is 4.43. The zero-order valence-electron chi connectivity index (χ0n) is 11.6. The monoisotopic (exact) mass is 290 g/mol. The summed E-state index contributed by atoms with van der Waals surface area (Å²) in [6.07, 6.45) is 1.05. The Kier molecular flexibility index (Phi) is 6.53. The van der Waals surface area contributed by atoms with Gasteiger partial charge in [0.15, 0.2) is 0 Å². The number of aliphatic hydroxyl groups excluding tert-OH is 1. The molecule has 0 saturated heterocycles. The van der Waals surface area contributed by atoms with Crippen LogP contribution in [0.25, 0.3) is 0 Å². The van der Waals surface area contributed by atoms with Crippen LogP contribution in [0.1, 0.15) is 39.1 Å². The van der Waals surface area contributed by atoms with Gasteiger partial charge in [-0.1, -0.05) is 32.4 Å². The summed E-state index contributed by atoms with van der Waals surface area (Å²) in [5.74, 6) is 0.740. The Bertz CT molecular complexity index is 379. The van der Waals surface area contributed by atoms with Gasteiger partial charge in [-0.05, 0) is 18.6 Å². The van der Waals surface area contributed by atoms with Crippen molar-refractivity contribution in [3.05, 3.63) is 16.4 Å². The first-order valence-electron chi connectivity index (χ1n) is 6.53. The number of hydrogen-bond donors (Lipinski definition) is 1. The second kappa shape index (κ2) is 7.41. The minimum Gasteiger partial charge on any atom is -0.392 e. The lowest BCUT2D eigenvalue weighted by Gasteiger charge is -2.13. The van der Waals surface area contributed by atoms with Crippen LogP contribution >= 0.6 is 23.4 Å². The molecule has 1 rings (SSSR count). The summed E-state index contributed by atoms with van der Waals surface area (Å²) in [6, 6.07) is 0. The Morgan fingerprint density at radius 2 is 2.06 bits per heavy atom. The number of hydrogen-bond acceptors (Lipinski definition) is 3. The van der Waals surface area contributed by atoms with E-state index in [1.807, 2.05) is 18.5 Å². The van der Waals surface area contributed by atoms with Crippen molar-refractivity contribution in [1.29, 1.82) is 0 Å². The highest BCUT2D eigenvalue weighted by molar-refractivity contribution is 7.99. The molecule has 0 aromatic carbocycles. The van der Waals surface area contributed by atoms with Gasteiger partial charge in [-0.3, -0.25) is 4.68 Å². The maximum atomic E-state index is 10.1. The van der Waals surface area contributed by atoms with Gasteiger partial charge in [0.05, 0.1) is 22.5 Å². The van der Waals surface area contributed by atoms with Gasteiger partial charge in [0.1, 0.15) is 0 Å². The molecule has 0 amide bonds. The molecule has 104 valence electrons. The summed E-state index contributed by atoms with van der Waals surface area (Å²) in [7, 11) is 0. The maximum absolute atomic E-state index is 10.1. The zero-order chi connectivity index (χ0) is 13.7. The quantitative estimate of drug-likeness (QED) is 0.838. The van der Waals surface area contributed by atoms with Crippen LogP contribution in [0.3, 0.4) is 0 Å². The highest BCUT2D eigenvalue weighted by Gasteiger charge is 2.17. The van der Waals surface area contributed by atoms with Crippen LogP contribution in [0.2, 0.25) is 5.02 Å². The lowest BCUT2D eigenvalue weighted by molar-refractivity contribution is 0.197. The van der Waals surface area contributed by atoms with E-state index in [2.05, 4.69) is 18.9 Å². The van der Waals surface area contributed by atoms with Crippen LogP contribution in [-0.4, -0.2) is 32.0 Å². The van der Waals surface area contributed by atoms with Crippen LogP contribution in [-0.2, 0) is 19.4 Å². The van der Waals surface area contributed by atoms with Crippen molar-refractivity contribution < 1.29 is 5.11 Å². The predicted octanol–water partition coefficient (Wildman–Crippen LogP) is 3.16. The van der Waals surface area contributed by atoms with Gasteiger partial charge in [0.2, 0.25) is 0 Å². The molecule has 0 aliphatic rings. The largest absolute Gasteiger partial charge is 0.392 e. The Balaban J connectivity index is 2.73. The summed E-state index contributed by atoms with van der Waals surface area (Å²) in [5, 5.41) is 15.8. The average Bonchev–Trinajstić information content (AvgIpc) is 2.63. The van der Waals surface area contributed by atoms with E-state index in [9.17, 15) is 5.11 Å². The lowest BCUT2D eigenvalue weighted by atomic mass is 10.2. The lowest BCUT2D eigenvalue weighted by Crippen LogP contribution is -2.18. The van der Waals surface area contributed by atoms with Gasteiger partial charge in [0.25, 0.3) is 0 Å². The normalized spacial score (nSPS) is 13.3. The smallest absolute Gasteiger partial charge is 0.0850 e. The summed E-state index contributed by atoms with van der Waals surface area (Å²) in [6.45, 7) is 9.15. The van der Waals surface area contributed by atoms with Gasteiger partial charge in [-0.2, -0.15) is 16.9 Å². The number of aromatic nitrogens is 2. The topological polar surface area (TPSA) is 38.0 Å². The Morgan fingerprint density at radius 1 is 1.39 bits per heavy atom. The number of aryl methyl sites for hydroxylation is 2. The fourth-order valence-corrected chi connectivity index (χ4v) is 2.87. The second-order valence-electron chi connectivity index (χ2n) is 4.62. The molecule has 0 fully saturated rings. The Labute approximate surface area is 119 Å². The first kappa shape index (κ1) is 15.9. The third-order valence-electron chi connectivity index (χ3n) is 2.75. The van der Waals surface area contributed by atoms with E-state index in [0.29, 0.717) is 11.7 Å². The van der Waals surface area contributed by atoms with Crippen molar-refractivity contribution in [1.82, 2.24) is 9.78 Å². The fraction of sp³-hybridized carbons (Fsp3) is 0.769. The van der Waals surface area contributed by atoms with Crippen molar-refractivity contribution in [3.63, 3.8) is 0 Å². The number of halogens is 1. The van der Waals surface area contributed by atoms with Gasteiger partial charge in [-0.25, -0.2) is 0 Å². The molecule has 0 aliphatic carbocycles. The van der Waals surface area contributed by atoms with Crippen molar-refractivity contribution in [2.75, 3.05) is 5.75 Å². The SMILES string of the molecule is CCc1nn(CC)c(CC(O)CSC(C)C)c1Cl. The van der Waals surface area contributed by atoms with E-state index < -0.39 is 0 Å². The highest BCUT2D eigenvalue weighted by Crippen LogP contribution is 2.24. The number of nitrogens with zero attached hydrogens (tertiary/aromatic N) is 2. The maximum Gasteiger partial charge on any atom is 0.0850 e. The molecule has 1 N–H and O–H groups in total. The molecule has 0 aliphatic heterocycles. The molecule has 1 aromatic heterocycles. The standard InChI is InChI=1S/C13H23ClN2OS/c1-5-11-13(14)12(16(6-2)15-11)7-10(17)8-18-9(3)4/h9-10,17H,5-8H2,1-4H3. The molecule has 18 heavy (non-hydrogen) atoms. The average molecular weight is 291 g/mol. The van der Waals surface area contributed by atoms with Crippen LogP contribution in [0.5, 0.6) is 0 Å². The van der Waals surface area contributed by atoms with Crippen LogP contribution in [0.4, 0.5) is 0 Å². The molecule has 0 saturated carbocycles. The Hall–Kier alpha value is -0.190. The van der Waals surface area contributed by atoms with Crippen molar-refractivity contribution in [2.45, 2.75) is 58.4 Å². The second-order valence-corrected chi connectivity index (χ2v) is 6.60. The molecular weight excluding hydrogens is 268 g/mol. The third kappa shape index (κ3) is 4.18. The number of thioether (sulfide) groups is 1. The first-order chi connectivity index (χ1) is 8.49. The van der Waals surface area contributed by atoms with Crippen LogP contribution < -0.4 is 0 Å². The summed E-state index contributed by atoms with van der Waals surface area (Å²) < 4.78 is 1.91. The van der Waals surface area contributed by atoms with Gasteiger partial charge in [-0.15, -0.1) is 0 Å². The molecule has 0 radical (unpaired) electrons. The van der Waals surface area contributed by atoms with E-state index in [4.69, 9.17) is 11.6 Å². The van der Waals surface area contributed by atoms with Crippen molar-refractivity contribution in [2.24, 2.45) is 0 Å². The molecular formula is C13H23ClN2OS.